The van der Waals surface area contributed by atoms with Crippen LogP contribution in [-0.4, -0.2) is 10.2 Å². The Labute approximate surface area is 125 Å². The molecule has 0 bridgehead atoms. The highest BCUT2D eigenvalue weighted by molar-refractivity contribution is 9.10. The van der Waals surface area contributed by atoms with Crippen molar-refractivity contribution >= 4 is 21.6 Å². The van der Waals surface area contributed by atoms with Gasteiger partial charge in [0, 0.05) is 22.3 Å². The second-order valence-electron chi connectivity index (χ2n) is 4.30. The lowest BCUT2D eigenvalue weighted by Crippen LogP contribution is -1.98. The summed E-state index contributed by atoms with van der Waals surface area (Å²) in [4.78, 5) is 0. The summed E-state index contributed by atoms with van der Waals surface area (Å²) >= 11 is 3.43. The summed E-state index contributed by atoms with van der Waals surface area (Å²) in [7, 11) is 0. The molecule has 0 saturated heterocycles. The number of rotatable bonds is 4. The number of aromatic nitrogens is 2. The van der Waals surface area contributed by atoms with E-state index in [1.54, 1.807) is 0 Å². The van der Waals surface area contributed by atoms with Crippen molar-refractivity contribution in [1.82, 2.24) is 10.2 Å². The van der Waals surface area contributed by atoms with Crippen LogP contribution in [0.5, 0.6) is 0 Å². The van der Waals surface area contributed by atoms with Gasteiger partial charge in [-0.05, 0) is 42.0 Å². The smallest absolute Gasteiger partial charge is 0.247 e. The molecule has 0 aliphatic rings. The summed E-state index contributed by atoms with van der Waals surface area (Å²) in [5.41, 5.74) is 3.20. The maximum absolute atomic E-state index is 5.15. The topological polar surface area (TPSA) is 51.0 Å². The molecule has 5 heteroatoms. The van der Waals surface area contributed by atoms with E-state index in [0.29, 0.717) is 5.89 Å². The van der Waals surface area contributed by atoms with Crippen molar-refractivity contribution in [2.75, 3.05) is 5.32 Å². The molecule has 20 heavy (non-hydrogen) atoms. The van der Waals surface area contributed by atoms with Crippen molar-refractivity contribution in [2.45, 2.75) is 6.54 Å². The molecule has 1 aromatic heterocycles. The van der Waals surface area contributed by atoms with Crippen LogP contribution in [0.1, 0.15) is 5.56 Å². The molecule has 1 heterocycles. The van der Waals surface area contributed by atoms with E-state index >= 15 is 0 Å². The molecule has 0 radical (unpaired) electrons. The van der Waals surface area contributed by atoms with Crippen molar-refractivity contribution in [2.24, 2.45) is 0 Å². The van der Waals surface area contributed by atoms with Crippen LogP contribution in [-0.2, 0) is 6.54 Å². The first-order chi connectivity index (χ1) is 9.81. The SMILES string of the molecule is Brc1ccc(CNc2ccc(-c3nnco3)cc2)cc1. The van der Waals surface area contributed by atoms with Crippen molar-refractivity contribution in [1.29, 1.82) is 0 Å². The highest BCUT2D eigenvalue weighted by Crippen LogP contribution is 2.19. The molecule has 0 unspecified atom stereocenters. The Hall–Kier alpha value is -2.14. The molecule has 4 nitrogen and oxygen atoms in total. The van der Waals surface area contributed by atoms with E-state index in [-0.39, 0.29) is 0 Å². The van der Waals surface area contributed by atoms with E-state index in [2.05, 4.69) is 43.6 Å². The van der Waals surface area contributed by atoms with Gasteiger partial charge < -0.3 is 9.73 Å². The number of benzene rings is 2. The monoisotopic (exact) mass is 329 g/mol. The minimum Gasteiger partial charge on any atom is -0.423 e. The van der Waals surface area contributed by atoms with Crippen LogP contribution >= 0.6 is 15.9 Å². The van der Waals surface area contributed by atoms with E-state index < -0.39 is 0 Å². The van der Waals surface area contributed by atoms with Crippen LogP contribution in [0.3, 0.4) is 0 Å². The summed E-state index contributed by atoms with van der Waals surface area (Å²) in [5.74, 6) is 0.532. The highest BCUT2D eigenvalue weighted by atomic mass is 79.9. The van der Waals surface area contributed by atoms with Crippen LogP contribution in [0.4, 0.5) is 5.69 Å². The first-order valence-electron chi connectivity index (χ1n) is 6.16. The second-order valence-corrected chi connectivity index (χ2v) is 5.22. The fourth-order valence-electron chi connectivity index (χ4n) is 1.84. The average molecular weight is 330 g/mol. The lowest BCUT2D eigenvalue weighted by molar-refractivity contribution is 0.568. The standard InChI is InChI=1S/C15H12BrN3O/c16-13-5-1-11(2-6-13)9-17-14-7-3-12(4-8-14)15-19-18-10-20-15/h1-8,10,17H,9H2. The first kappa shape index (κ1) is 12.9. The van der Waals surface area contributed by atoms with Crippen LogP contribution < -0.4 is 5.32 Å². The molecule has 0 atom stereocenters. The minimum absolute atomic E-state index is 0.532. The first-order valence-corrected chi connectivity index (χ1v) is 6.95. The van der Waals surface area contributed by atoms with E-state index in [0.717, 1.165) is 22.3 Å². The summed E-state index contributed by atoms with van der Waals surface area (Å²) in [6.45, 7) is 0.785. The molecule has 0 aliphatic carbocycles. The fraction of sp³-hybridized carbons (Fsp3) is 0.0667. The molecule has 2 aromatic carbocycles. The van der Waals surface area contributed by atoms with Gasteiger partial charge >= 0.3 is 0 Å². The fourth-order valence-corrected chi connectivity index (χ4v) is 2.10. The van der Waals surface area contributed by atoms with Crippen molar-refractivity contribution in [3.63, 3.8) is 0 Å². The van der Waals surface area contributed by atoms with Gasteiger partial charge in [0.1, 0.15) is 0 Å². The number of nitrogens with one attached hydrogen (secondary N) is 1. The lowest BCUT2D eigenvalue weighted by Gasteiger charge is -2.07. The van der Waals surface area contributed by atoms with Gasteiger partial charge in [-0.15, -0.1) is 10.2 Å². The summed E-state index contributed by atoms with van der Waals surface area (Å²) in [6, 6.07) is 16.2. The Morgan fingerprint density at radius 3 is 2.40 bits per heavy atom. The van der Waals surface area contributed by atoms with Gasteiger partial charge in [-0.2, -0.15) is 0 Å². The molecule has 3 aromatic rings. The maximum atomic E-state index is 5.15. The zero-order valence-electron chi connectivity index (χ0n) is 10.6. The van der Waals surface area contributed by atoms with Crippen LogP contribution in [0.25, 0.3) is 11.5 Å². The zero-order chi connectivity index (χ0) is 13.8. The van der Waals surface area contributed by atoms with E-state index in [1.165, 1.54) is 12.0 Å². The van der Waals surface area contributed by atoms with Crippen molar-refractivity contribution in [3.8, 4) is 11.5 Å². The van der Waals surface area contributed by atoms with Gasteiger partial charge in [0.25, 0.3) is 0 Å². The molecule has 0 aliphatic heterocycles. The van der Waals surface area contributed by atoms with Gasteiger partial charge in [-0.25, -0.2) is 0 Å². The van der Waals surface area contributed by atoms with Crippen LogP contribution in [0.15, 0.2) is 63.8 Å². The van der Waals surface area contributed by atoms with E-state index in [4.69, 9.17) is 4.42 Å². The molecule has 0 spiro atoms. The van der Waals surface area contributed by atoms with E-state index in [1.807, 2.05) is 36.4 Å². The second kappa shape index (κ2) is 5.88. The van der Waals surface area contributed by atoms with Crippen LogP contribution in [0, 0.1) is 0 Å². The zero-order valence-corrected chi connectivity index (χ0v) is 12.2. The van der Waals surface area contributed by atoms with Gasteiger partial charge in [0.15, 0.2) is 0 Å². The molecular weight excluding hydrogens is 318 g/mol. The maximum Gasteiger partial charge on any atom is 0.247 e. The number of hydrogen-bond acceptors (Lipinski definition) is 4. The molecule has 3 rings (SSSR count). The van der Waals surface area contributed by atoms with Crippen LogP contribution in [0.2, 0.25) is 0 Å². The Morgan fingerprint density at radius 2 is 1.75 bits per heavy atom. The third-order valence-electron chi connectivity index (χ3n) is 2.90. The summed E-state index contributed by atoms with van der Waals surface area (Å²) < 4.78 is 6.24. The van der Waals surface area contributed by atoms with E-state index in [9.17, 15) is 0 Å². The lowest BCUT2D eigenvalue weighted by atomic mass is 10.2. The number of halogens is 1. The van der Waals surface area contributed by atoms with Gasteiger partial charge in [0.05, 0.1) is 0 Å². The quantitative estimate of drug-likeness (QED) is 0.782. The Kier molecular flexibility index (Phi) is 3.78. The van der Waals surface area contributed by atoms with Gasteiger partial charge in [-0.3, -0.25) is 0 Å². The minimum atomic E-state index is 0.532. The molecule has 1 N–H and O–H groups in total. The molecule has 0 fully saturated rings. The van der Waals surface area contributed by atoms with Crippen molar-refractivity contribution in [3.05, 3.63) is 65.0 Å². The Bertz CT molecular complexity index is 663. The largest absolute Gasteiger partial charge is 0.423 e. The predicted molar refractivity (Wildman–Crippen MR) is 81.2 cm³/mol. The third kappa shape index (κ3) is 3.05. The molecule has 0 saturated carbocycles. The number of anilines is 1. The number of nitrogens with zero attached hydrogens (tertiary/aromatic N) is 2. The number of hydrogen-bond donors (Lipinski definition) is 1. The molecule has 0 amide bonds. The Morgan fingerprint density at radius 1 is 1.00 bits per heavy atom. The normalized spacial score (nSPS) is 10.4. The highest BCUT2D eigenvalue weighted by Gasteiger charge is 2.02. The molecule has 100 valence electrons. The van der Waals surface area contributed by atoms with Crippen molar-refractivity contribution < 1.29 is 4.42 Å². The average Bonchev–Trinajstić information content (AvgIpc) is 3.01. The van der Waals surface area contributed by atoms with Gasteiger partial charge in [-0.1, -0.05) is 28.1 Å². The summed E-state index contributed by atoms with van der Waals surface area (Å²) in [5, 5.41) is 10.9. The third-order valence-corrected chi connectivity index (χ3v) is 3.43. The summed E-state index contributed by atoms with van der Waals surface area (Å²) in [6.07, 6.45) is 1.33. The Balaban J connectivity index is 1.65. The predicted octanol–water partition coefficient (Wildman–Crippen LogP) is 4.11. The van der Waals surface area contributed by atoms with Gasteiger partial charge in [0.2, 0.25) is 12.3 Å². The molecular formula is C15H12BrN3O.